The fraction of sp³-hybridized carbons (Fsp3) is 0.394. The van der Waals surface area contributed by atoms with Gasteiger partial charge in [-0.25, -0.2) is 9.59 Å². The second-order valence-electron chi connectivity index (χ2n) is 12.5. The number of halogens is 3. The van der Waals surface area contributed by atoms with Crippen molar-refractivity contribution in [2.24, 2.45) is 0 Å². The van der Waals surface area contributed by atoms with E-state index in [1.807, 2.05) is 29.2 Å². The molecule has 7 nitrogen and oxygen atoms in total. The Morgan fingerprint density at radius 1 is 0.909 bits per heavy atom. The Balaban J connectivity index is 1.23. The van der Waals surface area contributed by atoms with Crippen molar-refractivity contribution in [1.29, 1.82) is 0 Å². The summed E-state index contributed by atoms with van der Waals surface area (Å²) in [5, 5.41) is 2.56. The molecule has 3 aromatic rings. The van der Waals surface area contributed by atoms with Crippen molar-refractivity contribution in [2.75, 3.05) is 38.1 Å². The van der Waals surface area contributed by atoms with Crippen LogP contribution in [0.2, 0.25) is 0 Å². The lowest BCUT2D eigenvalue weighted by atomic mass is 9.74. The van der Waals surface area contributed by atoms with Gasteiger partial charge in [0, 0.05) is 44.3 Å². The van der Waals surface area contributed by atoms with Crippen molar-refractivity contribution in [3.63, 3.8) is 0 Å². The van der Waals surface area contributed by atoms with E-state index in [0.29, 0.717) is 37.3 Å². The summed E-state index contributed by atoms with van der Waals surface area (Å²) in [6, 6.07) is 17.5. The topological polar surface area (TPSA) is 71.1 Å². The van der Waals surface area contributed by atoms with E-state index in [2.05, 4.69) is 29.6 Å². The summed E-state index contributed by atoms with van der Waals surface area (Å²) in [6.07, 6.45) is -1.21. The molecule has 0 radical (unpaired) electrons. The summed E-state index contributed by atoms with van der Waals surface area (Å²) in [5.74, 6) is -0.0370. The molecule has 1 N–H and O–H groups in total. The molecule has 1 aliphatic carbocycles. The van der Waals surface area contributed by atoms with Crippen LogP contribution in [-0.2, 0) is 16.0 Å². The van der Waals surface area contributed by atoms with Gasteiger partial charge in [0.25, 0.3) is 0 Å². The van der Waals surface area contributed by atoms with E-state index in [-0.39, 0.29) is 30.3 Å². The number of rotatable bonds is 6. The number of carbonyl (C=O) groups excluding carboxylic acids is 2. The van der Waals surface area contributed by atoms with Crippen LogP contribution in [-0.4, -0.2) is 67.4 Å². The second kappa shape index (κ2) is 12.2. The lowest BCUT2D eigenvalue weighted by molar-refractivity contribution is 0.0635. The lowest BCUT2D eigenvalue weighted by Crippen LogP contribution is -2.48. The fourth-order valence-corrected chi connectivity index (χ4v) is 6.10. The average Bonchev–Trinajstić information content (AvgIpc) is 3.28. The number of hydrogen-bond acceptors (Lipinski definition) is 5. The number of benzene rings is 3. The maximum absolute atomic E-state index is 14.1. The minimum Gasteiger partial charge on any atom is -0.448 e. The van der Waals surface area contributed by atoms with Crippen molar-refractivity contribution >= 4 is 30.3 Å². The molecule has 0 saturated carbocycles. The minimum atomic E-state index is -5.32. The Hall–Kier alpha value is -3.99. The quantitative estimate of drug-likeness (QED) is 0.313. The first kappa shape index (κ1) is 31.4. The van der Waals surface area contributed by atoms with Crippen molar-refractivity contribution in [3.05, 3.63) is 82.4 Å². The summed E-state index contributed by atoms with van der Waals surface area (Å²) in [6.45, 7) is 5.01. The fourth-order valence-electron chi connectivity index (χ4n) is 6.10. The first-order valence-electron chi connectivity index (χ1n) is 14.9. The van der Waals surface area contributed by atoms with Crippen LogP contribution in [0.15, 0.2) is 54.6 Å². The molecular weight excluding hydrogens is 570 g/mol. The van der Waals surface area contributed by atoms with Gasteiger partial charge in [0.2, 0.25) is 0 Å². The Bertz CT molecular complexity index is 1520. The van der Waals surface area contributed by atoms with E-state index in [4.69, 9.17) is 9.47 Å². The number of hydrogen-bond donors (Lipinski definition) is 1. The zero-order valence-electron chi connectivity index (χ0n) is 25.8. The van der Waals surface area contributed by atoms with Crippen molar-refractivity contribution in [3.8, 4) is 11.1 Å². The maximum atomic E-state index is 14.1. The van der Waals surface area contributed by atoms with Gasteiger partial charge < -0.3 is 27.3 Å². The molecule has 0 unspecified atom stereocenters. The Morgan fingerprint density at radius 2 is 1.48 bits per heavy atom. The van der Waals surface area contributed by atoms with E-state index in [9.17, 15) is 22.5 Å². The van der Waals surface area contributed by atoms with E-state index in [1.165, 1.54) is 13.0 Å². The number of fused-ring (bicyclic) bond motifs is 3. The number of anilines is 1. The van der Waals surface area contributed by atoms with Crippen LogP contribution < -0.4 is 10.8 Å². The van der Waals surface area contributed by atoms with Crippen molar-refractivity contribution in [2.45, 2.75) is 52.7 Å². The van der Waals surface area contributed by atoms with Gasteiger partial charge in [-0.05, 0) is 68.0 Å². The van der Waals surface area contributed by atoms with Crippen LogP contribution in [0.25, 0.3) is 11.1 Å². The first-order chi connectivity index (χ1) is 20.7. The average molecular weight is 608 g/mol. The van der Waals surface area contributed by atoms with E-state index in [1.54, 1.807) is 32.6 Å². The molecule has 0 spiro atoms. The standard InChI is InChI=1S/C33H38BF3N3O4/c1-21-23(18-29(34(35,36)37)22(2)30(21)38-31(41)44-33(3,4)5)19-39-14-16-40(17-15-39)32(42)43-20-28-26-12-8-6-10-24(26)25-11-7-9-13-27(25)28/h6-13,18,28H,14-17,19-20H2,1-5H3,(H,38,41)/q-1. The zero-order valence-corrected chi connectivity index (χ0v) is 25.8. The first-order valence-corrected chi connectivity index (χ1v) is 14.9. The van der Waals surface area contributed by atoms with Crippen LogP contribution >= 0.6 is 0 Å². The van der Waals surface area contributed by atoms with Gasteiger partial charge in [-0.1, -0.05) is 60.2 Å². The number of piperazine rings is 1. The molecule has 234 valence electrons. The van der Waals surface area contributed by atoms with Crippen LogP contribution in [0.3, 0.4) is 0 Å². The molecule has 0 atom stereocenters. The molecular formula is C33H38BF3N3O4-. The van der Waals surface area contributed by atoms with Crippen LogP contribution in [0, 0.1) is 13.8 Å². The van der Waals surface area contributed by atoms with Crippen LogP contribution in [0.1, 0.15) is 54.5 Å². The van der Waals surface area contributed by atoms with Gasteiger partial charge in [-0.3, -0.25) is 10.2 Å². The molecule has 2 aliphatic rings. The third-order valence-corrected chi connectivity index (χ3v) is 8.33. The molecule has 5 rings (SSSR count). The van der Waals surface area contributed by atoms with E-state index in [0.717, 1.165) is 22.3 Å². The lowest BCUT2D eigenvalue weighted by Gasteiger charge is -2.35. The van der Waals surface area contributed by atoms with Crippen molar-refractivity contribution < 1.29 is 32.0 Å². The molecule has 44 heavy (non-hydrogen) atoms. The molecule has 0 aromatic heterocycles. The highest BCUT2D eigenvalue weighted by Gasteiger charge is 2.33. The third-order valence-electron chi connectivity index (χ3n) is 8.33. The minimum absolute atomic E-state index is 0.0370. The van der Waals surface area contributed by atoms with Crippen LogP contribution in [0.4, 0.5) is 28.2 Å². The molecule has 1 aliphatic heterocycles. The van der Waals surface area contributed by atoms with Gasteiger partial charge in [0.15, 0.2) is 0 Å². The molecule has 1 heterocycles. The van der Waals surface area contributed by atoms with Crippen LogP contribution in [0.5, 0.6) is 0 Å². The van der Waals surface area contributed by atoms with Gasteiger partial charge in [0.1, 0.15) is 12.2 Å². The summed E-state index contributed by atoms with van der Waals surface area (Å²) in [5.41, 5.74) is 4.14. The zero-order chi connectivity index (χ0) is 31.8. The smallest absolute Gasteiger partial charge is 0.448 e. The highest BCUT2D eigenvalue weighted by molar-refractivity contribution is 6.74. The summed E-state index contributed by atoms with van der Waals surface area (Å²) in [7, 11) is 0. The van der Waals surface area contributed by atoms with Gasteiger partial charge in [-0.2, -0.15) is 0 Å². The molecule has 0 bridgehead atoms. The monoisotopic (exact) mass is 608 g/mol. The molecule has 1 fully saturated rings. The highest BCUT2D eigenvalue weighted by Crippen LogP contribution is 2.44. The third kappa shape index (κ3) is 6.72. The maximum Gasteiger partial charge on any atom is 0.509 e. The van der Waals surface area contributed by atoms with Gasteiger partial charge in [0.05, 0.1) is 0 Å². The van der Waals surface area contributed by atoms with E-state index < -0.39 is 30.2 Å². The normalized spacial score (nSPS) is 15.5. The Labute approximate surface area is 256 Å². The van der Waals surface area contributed by atoms with E-state index >= 15 is 0 Å². The Morgan fingerprint density at radius 3 is 2.02 bits per heavy atom. The number of nitrogens with zero attached hydrogens (tertiary/aromatic N) is 2. The summed E-state index contributed by atoms with van der Waals surface area (Å²) >= 11 is 0. The highest BCUT2D eigenvalue weighted by atomic mass is 19.4. The predicted molar refractivity (Wildman–Crippen MR) is 166 cm³/mol. The number of nitrogens with one attached hydrogen (secondary N) is 1. The number of carbonyl (C=O) groups is 2. The molecule has 3 aromatic carbocycles. The molecule has 11 heteroatoms. The summed E-state index contributed by atoms with van der Waals surface area (Å²) < 4.78 is 53.3. The number of ether oxygens (including phenoxy) is 2. The second-order valence-corrected chi connectivity index (χ2v) is 12.5. The molecule has 1 saturated heterocycles. The van der Waals surface area contributed by atoms with Crippen molar-refractivity contribution in [1.82, 2.24) is 9.80 Å². The summed E-state index contributed by atoms with van der Waals surface area (Å²) in [4.78, 5) is 29.2. The number of amides is 2. The molecule has 2 amide bonds. The SMILES string of the molecule is Cc1c(CN2CCN(C(=O)OCC3c4ccccc4-c4ccccc43)CC2)cc([B-](F)(F)F)c(C)c1NC(=O)OC(C)(C)C. The van der Waals surface area contributed by atoms with Gasteiger partial charge >= 0.3 is 19.2 Å². The Kier molecular flexibility index (Phi) is 8.71. The van der Waals surface area contributed by atoms with Gasteiger partial charge in [-0.15, -0.1) is 5.46 Å². The predicted octanol–water partition coefficient (Wildman–Crippen LogP) is 6.77. The largest absolute Gasteiger partial charge is 0.509 e.